The molecule has 1 amide bonds. The van der Waals surface area contributed by atoms with E-state index in [9.17, 15) is 4.79 Å². The molecule has 0 saturated heterocycles. The van der Waals surface area contributed by atoms with Gasteiger partial charge in [0.2, 0.25) is 0 Å². The summed E-state index contributed by atoms with van der Waals surface area (Å²) < 4.78 is 16.9. The molecule has 0 radical (unpaired) electrons. The highest BCUT2D eigenvalue weighted by atomic mass is 16.5. The second-order valence-electron chi connectivity index (χ2n) is 8.40. The smallest absolute Gasteiger partial charge is 0.287 e. The van der Waals surface area contributed by atoms with Gasteiger partial charge in [-0.25, -0.2) is 0 Å². The summed E-state index contributed by atoms with van der Waals surface area (Å²) in [7, 11) is 3.32. The highest BCUT2D eigenvalue weighted by Crippen LogP contribution is 2.27. The van der Waals surface area contributed by atoms with Gasteiger partial charge in [-0.05, 0) is 48.0 Å². The standard InChI is InChI=1S/C29H31N3O4/c1-34-25-11-13-27(35-2)23(18-25)20-32(19-22-8-4-3-5-9-22)21-26-12-14-28(36-26)29(33)31-17-15-24-10-6-7-16-30-24/h3-14,16,18H,15,17,19-21H2,1-2H3,(H,31,33). The van der Waals surface area contributed by atoms with Crippen molar-refractivity contribution in [3.63, 3.8) is 0 Å². The average molecular weight is 486 g/mol. The molecule has 2 aromatic heterocycles. The maximum Gasteiger partial charge on any atom is 0.287 e. The summed E-state index contributed by atoms with van der Waals surface area (Å²) in [5, 5.41) is 2.90. The second kappa shape index (κ2) is 12.6. The van der Waals surface area contributed by atoms with E-state index in [1.54, 1.807) is 26.5 Å². The summed E-state index contributed by atoms with van der Waals surface area (Å²) in [5.41, 5.74) is 3.12. The Labute approximate surface area is 211 Å². The van der Waals surface area contributed by atoms with Crippen molar-refractivity contribution < 1.29 is 18.7 Å². The zero-order valence-electron chi connectivity index (χ0n) is 20.6. The van der Waals surface area contributed by atoms with E-state index >= 15 is 0 Å². The molecule has 0 aliphatic heterocycles. The summed E-state index contributed by atoms with van der Waals surface area (Å²) in [6.07, 6.45) is 2.41. The van der Waals surface area contributed by atoms with Crippen LogP contribution in [0.25, 0.3) is 0 Å². The van der Waals surface area contributed by atoms with Gasteiger partial charge in [0.1, 0.15) is 17.3 Å². The quantitative estimate of drug-likeness (QED) is 0.309. The Hall–Kier alpha value is -4.10. The molecule has 0 unspecified atom stereocenters. The first-order chi connectivity index (χ1) is 17.6. The Kier molecular flexibility index (Phi) is 8.72. The average Bonchev–Trinajstić information content (AvgIpc) is 3.38. The Balaban J connectivity index is 1.44. The van der Waals surface area contributed by atoms with Gasteiger partial charge in [-0.3, -0.25) is 14.7 Å². The van der Waals surface area contributed by atoms with Crippen molar-refractivity contribution in [1.82, 2.24) is 15.2 Å². The SMILES string of the molecule is COc1ccc(OC)c(CN(Cc2ccccc2)Cc2ccc(C(=O)NCCc3ccccn3)o2)c1. The van der Waals surface area contributed by atoms with Crippen molar-refractivity contribution in [2.75, 3.05) is 20.8 Å². The van der Waals surface area contributed by atoms with Crippen LogP contribution in [0.5, 0.6) is 11.5 Å². The van der Waals surface area contributed by atoms with E-state index in [4.69, 9.17) is 13.9 Å². The molecular formula is C29H31N3O4. The maximum atomic E-state index is 12.6. The molecule has 4 aromatic rings. The summed E-state index contributed by atoms with van der Waals surface area (Å²) >= 11 is 0. The predicted molar refractivity (Wildman–Crippen MR) is 138 cm³/mol. The number of methoxy groups -OCH3 is 2. The minimum atomic E-state index is -0.235. The third-order valence-corrected chi connectivity index (χ3v) is 5.79. The number of rotatable bonds is 12. The molecule has 0 aliphatic rings. The van der Waals surface area contributed by atoms with Crippen LogP contribution in [0.2, 0.25) is 0 Å². The minimum absolute atomic E-state index is 0.235. The fraction of sp³-hybridized carbons (Fsp3) is 0.241. The van der Waals surface area contributed by atoms with E-state index in [1.807, 2.05) is 60.7 Å². The molecule has 1 N–H and O–H groups in total. The van der Waals surface area contributed by atoms with Gasteiger partial charge in [0.15, 0.2) is 5.76 Å². The molecular weight excluding hydrogens is 454 g/mol. The van der Waals surface area contributed by atoms with Crippen LogP contribution in [-0.4, -0.2) is 36.6 Å². The number of nitrogens with zero attached hydrogens (tertiary/aromatic N) is 2. The van der Waals surface area contributed by atoms with E-state index in [2.05, 4.69) is 27.3 Å². The topological polar surface area (TPSA) is 76.8 Å². The van der Waals surface area contributed by atoms with Gasteiger partial charge >= 0.3 is 0 Å². The molecule has 0 spiro atoms. The fourth-order valence-electron chi connectivity index (χ4n) is 4.00. The summed E-state index contributed by atoms with van der Waals surface area (Å²) in [6.45, 7) is 2.33. The predicted octanol–water partition coefficient (Wildman–Crippen LogP) is 4.87. The Morgan fingerprint density at radius 2 is 1.75 bits per heavy atom. The van der Waals surface area contributed by atoms with Crippen LogP contribution >= 0.6 is 0 Å². The first-order valence-corrected chi connectivity index (χ1v) is 11.9. The second-order valence-corrected chi connectivity index (χ2v) is 8.40. The van der Waals surface area contributed by atoms with Crippen LogP contribution in [0.3, 0.4) is 0 Å². The van der Waals surface area contributed by atoms with Crippen molar-refractivity contribution >= 4 is 5.91 Å². The number of aromatic nitrogens is 1. The Bertz CT molecular complexity index is 1240. The van der Waals surface area contributed by atoms with Gasteiger partial charge in [0.25, 0.3) is 5.91 Å². The van der Waals surface area contributed by atoms with Crippen LogP contribution in [0.15, 0.2) is 89.5 Å². The van der Waals surface area contributed by atoms with E-state index in [1.165, 1.54) is 5.56 Å². The molecule has 0 aliphatic carbocycles. The number of ether oxygens (including phenoxy) is 2. The van der Waals surface area contributed by atoms with Gasteiger partial charge < -0.3 is 19.2 Å². The number of nitrogens with one attached hydrogen (secondary N) is 1. The molecule has 4 rings (SSSR count). The lowest BCUT2D eigenvalue weighted by atomic mass is 10.1. The van der Waals surface area contributed by atoms with Crippen LogP contribution in [-0.2, 0) is 26.1 Å². The highest BCUT2D eigenvalue weighted by Gasteiger charge is 2.16. The number of carbonyl (C=O) groups excluding carboxylic acids is 1. The van der Waals surface area contributed by atoms with Crippen LogP contribution in [0.1, 0.15) is 33.1 Å². The lowest BCUT2D eigenvalue weighted by Gasteiger charge is -2.23. The van der Waals surface area contributed by atoms with E-state index < -0.39 is 0 Å². The van der Waals surface area contributed by atoms with Crippen LogP contribution < -0.4 is 14.8 Å². The largest absolute Gasteiger partial charge is 0.497 e. The number of carbonyl (C=O) groups is 1. The third-order valence-electron chi connectivity index (χ3n) is 5.79. The van der Waals surface area contributed by atoms with Gasteiger partial charge in [-0.15, -0.1) is 0 Å². The fourth-order valence-corrected chi connectivity index (χ4v) is 4.00. The minimum Gasteiger partial charge on any atom is -0.497 e. The van der Waals surface area contributed by atoms with Crippen LogP contribution in [0, 0.1) is 0 Å². The lowest BCUT2D eigenvalue weighted by molar-refractivity contribution is 0.0921. The number of pyridine rings is 1. The normalized spacial score (nSPS) is 10.9. The van der Waals surface area contributed by atoms with Gasteiger partial charge in [-0.1, -0.05) is 36.4 Å². The molecule has 186 valence electrons. The van der Waals surface area contributed by atoms with E-state index in [-0.39, 0.29) is 5.91 Å². The monoisotopic (exact) mass is 485 g/mol. The molecule has 0 fully saturated rings. The zero-order chi connectivity index (χ0) is 25.2. The summed E-state index contributed by atoms with van der Waals surface area (Å²) in [6, 6.07) is 25.4. The highest BCUT2D eigenvalue weighted by molar-refractivity contribution is 5.91. The maximum absolute atomic E-state index is 12.6. The van der Waals surface area contributed by atoms with Crippen molar-refractivity contribution in [3.8, 4) is 11.5 Å². The molecule has 36 heavy (non-hydrogen) atoms. The number of benzene rings is 2. The lowest BCUT2D eigenvalue weighted by Crippen LogP contribution is -2.25. The van der Waals surface area contributed by atoms with Crippen molar-refractivity contribution in [2.24, 2.45) is 0 Å². The molecule has 7 nitrogen and oxygen atoms in total. The summed E-state index contributed by atoms with van der Waals surface area (Å²) in [4.78, 5) is 19.1. The third kappa shape index (κ3) is 6.96. The number of hydrogen-bond donors (Lipinski definition) is 1. The Morgan fingerprint density at radius 3 is 2.50 bits per heavy atom. The van der Waals surface area contributed by atoms with E-state index in [0.717, 1.165) is 22.8 Å². The zero-order valence-corrected chi connectivity index (χ0v) is 20.6. The molecule has 2 aromatic carbocycles. The van der Waals surface area contributed by atoms with Gasteiger partial charge in [0.05, 0.1) is 20.8 Å². The number of amides is 1. The summed E-state index contributed by atoms with van der Waals surface area (Å²) in [5.74, 6) is 2.34. The van der Waals surface area contributed by atoms with Gasteiger partial charge in [-0.2, -0.15) is 0 Å². The first-order valence-electron chi connectivity index (χ1n) is 11.9. The van der Waals surface area contributed by atoms with E-state index in [0.29, 0.717) is 44.1 Å². The molecule has 0 bridgehead atoms. The van der Waals surface area contributed by atoms with Crippen molar-refractivity contribution in [1.29, 1.82) is 0 Å². The van der Waals surface area contributed by atoms with Crippen LogP contribution in [0.4, 0.5) is 0 Å². The first kappa shape index (κ1) is 25.0. The van der Waals surface area contributed by atoms with Crippen molar-refractivity contribution in [2.45, 2.75) is 26.1 Å². The number of furan rings is 1. The molecule has 0 saturated carbocycles. The van der Waals surface area contributed by atoms with Crippen molar-refractivity contribution in [3.05, 3.63) is 113 Å². The molecule has 2 heterocycles. The Morgan fingerprint density at radius 1 is 0.917 bits per heavy atom. The van der Waals surface area contributed by atoms with Gasteiger partial charge in [0, 0.05) is 43.5 Å². The molecule has 7 heteroatoms. The number of hydrogen-bond acceptors (Lipinski definition) is 6. The molecule has 0 atom stereocenters.